The zero-order valence-electron chi connectivity index (χ0n) is 15.1. The van der Waals surface area contributed by atoms with Gasteiger partial charge < -0.3 is 15.0 Å². The quantitative estimate of drug-likeness (QED) is 0.567. The Morgan fingerprint density at radius 2 is 1.96 bits per heavy atom. The standard InChI is InChI=1S/C19H19N7O2/c27-19(28)25-8-6-24(7-9-25)12-13-10-15-14(3-5-20-18(15)23-13)16-11-22-26-17(16)2-1-4-21-26/h1-5,10-11H,6-9,12H2,(H,20,23)(H,27,28). The van der Waals surface area contributed by atoms with Gasteiger partial charge in [0.25, 0.3) is 0 Å². The number of amides is 1. The van der Waals surface area contributed by atoms with Gasteiger partial charge in [0.15, 0.2) is 0 Å². The third-order valence-corrected chi connectivity index (χ3v) is 5.22. The predicted octanol–water partition coefficient (Wildman–Crippen LogP) is 2.07. The molecule has 9 heteroatoms. The number of nitrogens with one attached hydrogen (secondary N) is 1. The van der Waals surface area contributed by atoms with Gasteiger partial charge in [0.1, 0.15) is 5.65 Å². The molecule has 5 heterocycles. The van der Waals surface area contributed by atoms with Crippen LogP contribution in [0.5, 0.6) is 0 Å². The van der Waals surface area contributed by atoms with Gasteiger partial charge in [-0.15, -0.1) is 0 Å². The lowest BCUT2D eigenvalue weighted by atomic mass is 10.1. The van der Waals surface area contributed by atoms with Crippen LogP contribution in [0.15, 0.2) is 42.9 Å². The predicted molar refractivity (Wildman–Crippen MR) is 103 cm³/mol. The molecule has 0 saturated carbocycles. The molecule has 1 fully saturated rings. The first-order chi connectivity index (χ1) is 13.7. The van der Waals surface area contributed by atoms with Crippen LogP contribution in [0.3, 0.4) is 0 Å². The maximum atomic E-state index is 11.1. The van der Waals surface area contributed by atoms with Crippen LogP contribution >= 0.6 is 0 Å². The van der Waals surface area contributed by atoms with Gasteiger partial charge in [-0.1, -0.05) is 0 Å². The molecule has 4 aromatic heterocycles. The Labute approximate surface area is 160 Å². The number of hydrogen-bond acceptors (Lipinski definition) is 5. The fourth-order valence-corrected chi connectivity index (χ4v) is 3.78. The average Bonchev–Trinajstić information content (AvgIpc) is 3.31. The summed E-state index contributed by atoms with van der Waals surface area (Å²) in [6, 6.07) is 8.02. The Hall–Kier alpha value is -3.46. The van der Waals surface area contributed by atoms with Crippen LogP contribution < -0.4 is 0 Å². The highest BCUT2D eigenvalue weighted by atomic mass is 16.4. The normalized spacial score (nSPS) is 15.5. The molecule has 1 aliphatic heterocycles. The first-order valence-electron chi connectivity index (χ1n) is 9.15. The number of carboxylic acid groups (broad SMARTS) is 1. The summed E-state index contributed by atoms with van der Waals surface area (Å²) in [5, 5.41) is 18.7. The highest BCUT2D eigenvalue weighted by Gasteiger charge is 2.21. The molecule has 0 atom stereocenters. The summed E-state index contributed by atoms with van der Waals surface area (Å²) >= 11 is 0. The lowest BCUT2D eigenvalue weighted by molar-refractivity contribution is 0.102. The zero-order valence-corrected chi connectivity index (χ0v) is 15.1. The third-order valence-electron chi connectivity index (χ3n) is 5.22. The van der Waals surface area contributed by atoms with Crippen molar-refractivity contribution in [3.63, 3.8) is 0 Å². The minimum Gasteiger partial charge on any atom is -0.465 e. The molecule has 28 heavy (non-hydrogen) atoms. The Morgan fingerprint density at radius 1 is 1.11 bits per heavy atom. The number of piperazine rings is 1. The van der Waals surface area contributed by atoms with Crippen LogP contribution in [0.25, 0.3) is 27.7 Å². The van der Waals surface area contributed by atoms with E-state index in [0.717, 1.165) is 53.0 Å². The molecule has 0 bridgehead atoms. The van der Waals surface area contributed by atoms with Crippen LogP contribution in [-0.2, 0) is 6.54 Å². The molecule has 0 aliphatic carbocycles. The maximum Gasteiger partial charge on any atom is 0.407 e. The van der Waals surface area contributed by atoms with E-state index in [1.165, 1.54) is 4.90 Å². The Balaban J connectivity index is 1.44. The molecule has 1 amide bonds. The summed E-state index contributed by atoms with van der Waals surface area (Å²) in [5.41, 5.74) is 4.92. The summed E-state index contributed by atoms with van der Waals surface area (Å²) in [4.78, 5) is 22.7. The van der Waals surface area contributed by atoms with Gasteiger partial charge in [0, 0.05) is 61.8 Å². The number of aromatic nitrogens is 5. The number of nitrogens with zero attached hydrogens (tertiary/aromatic N) is 6. The van der Waals surface area contributed by atoms with Gasteiger partial charge in [0.2, 0.25) is 0 Å². The van der Waals surface area contributed by atoms with Crippen molar-refractivity contribution in [1.82, 2.24) is 34.6 Å². The Bertz CT molecular complexity index is 1160. The van der Waals surface area contributed by atoms with Gasteiger partial charge in [-0.3, -0.25) is 4.90 Å². The van der Waals surface area contributed by atoms with Gasteiger partial charge in [0.05, 0.1) is 11.7 Å². The van der Waals surface area contributed by atoms with E-state index >= 15 is 0 Å². The number of hydrogen-bond donors (Lipinski definition) is 2. The summed E-state index contributed by atoms with van der Waals surface area (Å²) in [5.74, 6) is 0. The van der Waals surface area contributed by atoms with Gasteiger partial charge in [-0.05, 0) is 29.8 Å². The summed E-state index contributed by atoms with van der Waals surface area (Å²) in [7, 11) is 0. The second kappa shape index (κ2) is 6.61. The molecule has 0 spiro atoms. The second-order valence-electron chi connectivity index (χ2n) is 6.92. The van der Waals surface area contributed by atoms with Crippen LogP contribution in [0.4, 0.5) is 4.79 Å². The van der Waals surface area contributed by atoms with Crippen molar-refractivity contribution in [2.75, 3.05) is 26.2 Å². The van der Waals surface area contributed by atoms with Crippen LogP contribution in [-0.4, -0.2) is 72.0 Å². The number of fused-ring (bicyclic) bond motifs is 2. The van der Waals surface area contributed by atoms with E-state index in [4.69, 9.17) is 5.11 Å². The first kappa shape index (κ1) is 16.7. The van der Waals surface area contributed by atoms with Crippen molar-refractivity contribution in [2.45, 2.75) is 6.54 Å². The van der Waals surface area contributed by atoms with Gasteiger partial charge >= 0.3 is 6.09 Å². The van der Waals surface area contributed by atoms with Crippen LogP contribution in [0, 0.1) is 0 Å². The van der Waals surface area contributed by atoms with E-state index in [9.17, 15) is 4.79 Å². The third kappa shape index (κ3) is 2.85. The van der Waals surface area contributed by atoms with E-state index in [-0.39, 0.29) is 0 Å². The van der Waals surface area contributed by atoms with Crippen molar-refractivity contribution in [3.8, 4) is 11.1 Å². The number of H-pyrrole nitrogens is 1. The molecular weight excluding hydrogens is 358 g/mol. The van der Waals surface area contributed by atoms with Crippen molar-refractivity contribution >= 4 is 22.6 Å². The molecule has 0 aromatic carbocycles. The summed E-state index contributed by atoms with van der Waals surface area (Å²) in [6.45, 7) is 3.26. The monoisotopic (exact) mass is 377 g/mol. The maximum absolute atomic E-state index is 11.1. The Morgan fingerprint density at radius 3 is 2.79 bits per heavy atom. The highest BCUT2D eigenvalue weighted by Crippen LogP contribution is 2.31. The zero-order chi connectivity index (χ0) is 19.1. The second-order valence-corrected chi connectivity index (χ2v) is 6.92. The van der Waals surface area contributed by atoms with Crippen molar-refractivity contribution in [3.05, 3.63) is 48.5 Å². The van der Waals surface area contributed by atoms with E-state index < -0.39 is 6.09 Å². The van der Waals surface area contributed by atoms with E-state index in [1.807, 2.05) is 24.4 Å². The summed E-state index contributed by atoms with van der Waals surface area (Å²) in [6.07, 6.45) is 4.49. The molecule has 0 unspecified atom stereocenters. The SMILES string of the molecule is O=C(O)N1CCN(Cc2cc3c(-c4cnn5ncccc45)ccnc3[nH]2)CC1. The number of carbonyl (C=O) groups is 1. The fourth-order valence-electron chi connectivity index (χ4n) is 3.78. The molecule has 0 radical (unpaired) electrons. The minimum atomic E-state index is -0.845. The van der Waals surface area contributed by atoms with Gasteiger partial charge in [-0.25, -0.2) is 9.78 Å². The molecule has 142 valence electrons. The first-order valence-corrected chi connectivity index (χ1v) is 9.15. The molecule has 1 aliphatic rings. The largest absolute Gasteiger partial charge is 0.465 e. The molecule has 5 rings (SSSR count). The van der Waals surface area contributed by atoms with Crippen molar-refractivity contribution in [1.29, 1.82) is 0 Å². The fraction of sp³-hybridized carbons (Fsp3) is 0.263. The molecule has 9 nitrogen and oxygen atoms in total. The van der Waals surface area contributed by atoms with Crippen molar-refractivity contribution in [2.24, 2.45) is 0 Å². The highest BCUT2D eigenvalue weighted by molar-refractivity contribution is 5.97. The van der Waals surface area contributed by atoms with E-state index in [2.05, 4.69) is 31.1 Å². The Kier molecular flexibility index (Phi) is 3.94. The number of aromatic amines is 1. The number of rotatable bonds is 3. The van der Waals surface area contributed by atoms with Gasteiger partial charge in [-0.2, -0.15) is 14.8 Å². The number of pyridine rings is 1. The van der Waals surface area contributed by atoms with Crippen molar-refractivity contribution < 1.29 is 9.90 Å². The lowest BCUT2D eigenvalue weighted by Crippen LogP contribution is -2.47. The molecular formula is C19H19N7O2. The molecule has 2 N–H and O–H groups in total. The van der Waals surface area contributed by atoms with E-state index in [0.29, 0.717) is 13.1 Å². The summed E-state index contributed by atoms with van der Waals surface area (Å²) < 4.78 is 1.62. The smallest absolute Gasteiger partial charge is 0.407 e. The van der Waals surface area contributed by atoms with E-state index in [1.54, 1.807) is 17.0 Å². The average molecular weight is 377 g/mol. The van der Waals surface area contributed by atoms with Crippen LogP contribution in [0.1, 0.15) is 5.69 Å². The van der Waals surface area contributed by atoms with Crippen LogP contribution in [0.2, 0.25) is 0 Å². The molecule has 1 saturated heterocycles. The minimum absolute atomic E-state index is 0.536. The lowest BCUT2D eigenvalue weighted by Gasteiger charge is -2.32. The topological polar surface area (TPSA) is 103 Å². The molecule has 4 aromatic rings.